The van der Waals surface area contributed by atoms with Gasteiger partial charge in [0.2, 0.25) is 11.8 Å². The fourth-order valence-electron chi connectivity index (χ4n) is 4.60. The van der Waals surface area contributed by atoms with E-state index in [1.165, 1.54) is 23.3 Å². The van der Waals surface area contributed by atoms with E-state index < -0.39 is 0 Å². The Kier molecular flexibility index (Phi) is 6.86. The van der Waals surface area contributed by atoms with Crippen molar-refractivity contribution in [1.29, 1.82) is 0 Å². The molecular formula is C27H31N3O2. The Morgan fingerprint density at radius 2 is 1.66 bits per heavy atom. The summed E-state index contributed by atoms with van der Waals surface area (Å²) in [6.45, 7) is 6.11. The average molecular weight is 430 g/mol. The second-order valence-electron chi connectivity index (χ2n) is 8.65. The number of hydrogen-bond donors (Lipinski definition) is 2. The number of carbonyl (C=O) groups is 2. The van der Waals surface area contributed by atoms with E-state index in [0.29, 0.717) is 12.6 Å². The topological polar surface area (TPSA) is 61.4 Å². The fraction of sp³-hybridized carbons (Fsp3) is 0.333. The van der Waals surface area contributed by atoms with E-state index in [9.17, 15) is 9.59 Å². The van der Waals surface area contributed by atoms with Crippen LogP contribution in [0.3, 0.4) is 0 Å². The molecule has 2 N–H and O–H groups in total. The molecule has 3 aromatic rings. The molecule has 3 aromatic carbocycles. The molecule has 0 bridgehead atoms. The van der Waals surface area contributed by atoms with Gasteiger partial charge in [-0.15, -0.1) is 0 Å². The summed E-state index contributed by atoms with van der Waals surface area (Å²) in [4.78, 5) is 26.3. The van der Waals surface area contributed by atoms with Crippen LogP contribution in [0.5, 0.6) is 0 Å². The standard InChI is InChI=1S/C27H31N3O2/c1-19(25-9-5-7-22-6-3-4-8-26(22)25)30-16-14-23(15-17-30)27(32)28-18-21-10-12-24(13-11-21)29-20(2)31/h3-13,19,23H,14-18H2,1-2H3,(H,28,32)(H,29,31)/t19-/m1/s1. The summed E-state index contributed by atoms with van der Waals surface area (Å²) < 4.78 is 0. The van der Waals surface area contributed by atoms with Crippen LogP contribution in [0.1, 0.15) is 43.9 Å². The first-order chi connectivity index (χ1) is 15.5. The molecule has 4 rings (SSSR count). The zero-order chi connectivity index (χ0) is 22.5. The maximum atomic E-state index is 12.7. The molecule has 2 amide bonds. The van der Waals surface area contributed by atoms with E-state index in [1.54, 1.807) is 0 Å². The Morgan fingerprint density at radius 1 is 0.969 bits per heavy atom. The Balaban J connectivity index is 1.29. The quantitative estimate of drug-likeness (QED) is 0.587. The highest BCUT2D eigenvalue weighted by molar-refractivity contribution is 5.88. The lowest BCUT2D eigenvalue weighted by atomic mass is 9.92. The molecule has 1 aliphatic heterocycles. The number of rotatable bonds is 6. The van der Waals surface area contributed by atoms with Gasteiger partial charge in [0, 0.05) is 31.1 Å². The minimum atomic E-state index is -0.0906. The lowest BCUT2D eigenvalue weighted by Gasteiger charge is -2.36. The number of amides is 2. The predicted octanol–water partition coefficient (Wildman–Crippen LogP) is 4.89. The number of nitrogens with zero attached hydrogens (tertiary/aromatic N) is 1. The van der Waals surface area contributed by atoms with Gasteiger partial charge in [-0.05, 0) is 66.9 Å². The summed E-state index contributed by atoms with van der Waals surface area (Å²) in [6.07, 6.45) is 1.75. The van der Waals surface area contributed by atoms with Crippen molar-refractivity contribution in [3.63, 3.8) is 0 Å². The number of likely N-dealkylation sites (tertiary alicyclic amines) is 1. The van der Waals surface area contributed by atoms with Crippen molar-refractivity contribution in [1.82, 2.24) is 10.2 Å². The molecule has 32 heavy (non-hydrogen) atoms. The number of nitrogens with one attached hydrogen (secondary N) is 2. The first kappa shape index (κ1) is 22.0. The molecule has 1 aliphatic rings. The van der Waals surface area contributed by atoms with Gasteiger partial charge in [-0.3, -0.25) is 14.5 Å². The molecule has 5 heteroatoms. The van der Waals surface area contributed by atoms with Crippen LogP contribution in [0.2, 0.25) is 0 Å². The molecule has 1 heterocycles. The molecule has 0 saturated carbocycles. The summed E-state index contributed by atoms with van der Waals surface area (Å²) in [5.41, 5.74) is 3.14. The van der Waals surface area contributed by atoms with Crippen molar-refractivity contribution >= 4 is 28.3 Å². The van der Waals surface area contributed by atoms with Crippen LogP contribution in [0, 0.1) is 5.92 Å². The lowest BCUT2D eigenvalue weighted by molar-refractivity contribution is -0.126. The van der Waals surface area contributed by atoms with Crippen molar-refractivity contribution in [2.75, 3.05) is 18.4 Å². The van der Waals surface area contributed by atoms with Gasteiger partial charge in [0.25, 0.3) is 0 Å². The molecule has 5 nitrogen and oxygen atoms in total. The van der Waals surface area contributed by atoms with E-state index in [0.717, 1.165) is 37.2 Å². The molecule has 0 spiro atoms. The highest BCUT2D eigenvalue weighted by atomic mass is 16.2. The summed E-state index contributed by atoms with van der Waals surface area (Å²) in [5, 5.41) is 8.42. The first-order valence-corrected chi connectivity index (χ1v) is 11.4. The highest BCUT2D eigenvalue weighted by Crippen LogP contribution is 2.31. The van der Waals surface area contributed by atoms with Crippen LogP contribution in [0.15, 0.2) is 66.7 Å². The number of hydrogen-bond acceptors (Lipinski definition) is 3. The van der Waals surface area contributed by atoms with Gasteiger partial charge < -0.3 is 10.6 Å². The zero-order valence-corrected chi connectivity index (χ0v) is 18.8. The smallest absolute Gasteiger partial charge is 0.223 e. The third kappa shape index (κ3) is 5.17. The number of piperidine rings is 1. The van der Waals surface area contributed by atoms with Crippen molar-refractivity contribution < 1.29 is 9.59 Å². The molecule has 0 radical (unpaired) electrons. The molecule has 1 fully saturated rings. The number of benzene rings is 3. The van der Waals surface area contributed by atoms with Gasteiger partial charge in [0.05, 0.1) is 0 Å². The van der Waals surface area contributed by atoms with Crippen LogP contribution >= 0.6 is 0 Å². The predicted molar refractivity (Wildman–Crippen MR) is 129 cm³/mol. The van der Waals surface area contributed by atoms with Crippen LogP contribution in [0.25, 0.3) is 10.8 Å². The van der Waals surface area contributed by atoms with Crippen LogP contribution in [-0.2, 0) is 16.1 Å². The summed E-state index contributed by atoms with van der Waals surface area (Å²) in [5.74, 6) is 0.102. The van der Waals surface area contributed by atoms with Crippen molar-refractivity contribution in [3.8, 4) is 0 Å². The Morgan fingerprint density at radius 3 is 2.38 bits per heavy atom. The SMILES string of the molecule is CC(=O)Nc1ccc(CNC(=O)C2CCN([C@H](C)c3cccc4ccccc34)CC2)cc1. The van der Waals surface area contributed by atoms with Gasteiger partial charge in [0.1, 0.15) is 0 Å². The molecule has 166 valence electrons. The van der Waals surface area contributed by atoms with Crippen LogP contribution in [-0.4, -0.2) is 29.8 Å². The van der Waals surface area contributed by atoms with Gasteiger partial charge in [0.15, 0.2) is 0 Å². The Hall–Kier alpha value is -3.18. The van der Waals surface area contributed by atoms with Crippen molar-refractivity contribution in [2.45, 2.75) is 39.3 Å². The van der Waals surface area contributed by atoms with E-state index in [2.05, 4.69) is 64.9 Å². The second-order valence-corrected chi connectivity index (χ2v) is 8.65. The van der Waals surface area contributed by atoms with E-state index in [4.69, 9.17) is 0 Å². The van der Waals surface area contributed by atoms with Gasteiger partial charge >= 0.3 is 0 Å². The number of carbonyl (C=O) groups excluding carboxylic acids is 2. The van der Waals surface area contributed by atoms with E-state index in [-0.39, 0.29) is 17.7 Å². The first-order valence-electron chi connectivity index (χ1n) is 11.4. The lowest BCUT2D eigenvalue weighted by Crippen LogP contribution is -2.41. The molecule has 0 aliphatic carbocycles. The minimum Gasteiger partial charge on any atom is -0.352 e. The third-order valence-corrected chi connectivity index (χ3v) is 6.46. The zero-order valence-electron chi connectivity index (χ0n) is 18.8. The molecule has 1 saturated heterocycles. The highest BCUT2D eigenvalue weighted by Gasteiger charge is 2.28. The minimum absolute atomic E-state index is 0.0598. The normalized spacial score (nSPS) is 15.9. The van der Waals surface area contributed by atoms with Crippen LogP contribution in [0.4, 0.5) is 5.69 Å². The molecule has 0 aromatic heterocycles. The molecule has 0 unspecified atom stereocenters. The fourth-order valence-corrected chi connectivity index (χ4v) is 4.60. The summed E-state index contributed by atoms with van der Waals surface area (Å²) in [7, 11) is 0. The van der Waals surface area contributed by atoms with Crippen molar-refractivity contribution in [2.24, 2.45) is 5.92 Å². The van der Waals surface area contributed by atoms with Gasteiger partial charge in [-0.25, -0.2) is 0 Å². The Labute approximate surface area is 189 Å². The van der Waals surface area contributed by atoms with Crippen molar-refractivity contribution in [3.05, 3.63) is 77.9 Å². The van der Waals surface area contributed by atoms with Gasteiger partial charge in [-0.2, -0.15) is 0 Å². The summed E-state index contributed by atoms with van der Waals surface area (Å²) in [6, 6.07) is 23.0. The van der Waals surface area contributed by atoms with Crippen LogP contribution < -0.4 is 10.6 Å². The third-order valence-electron chi connectivity index (χ3n) is 6.46. The van der Waals surface area contributed by atoms with E-state index in [1.807, 2.05) is 24.3 Å². The van der Waals surface area contributed by atoms with E-state index >= 15 is 0 Å². The van der Waals surface area contributed by atoms with Gasteiger partial charge in [-0.1, -0.05) is 54.6 Å². The Bertz CT molecular complexity index is 1080. The summed E-state index contributed by atoms with van der Waals surface area (Å²) >= 11 is 0. The maximum Gasteiger partial charge on any atom is 0.223 e. The number of anilines is 1. The monoisotopic (exact) mass is 429 g/mol. The second kappa shape index (κ2) is 9.96. The number of fused-ring (bicyclic) bond motifs is 1. The average Bonchev–Trinajstić information content (AvgIpc) is 2.82. The molecular weight excluding hydrogens is 398 g/mol. The maximum absolute atomic E-state index is 12.7. The molecule has 1 atom stereocenters. The largest absolute Gasteiger partial charge is 0.352 e.